The molecule has 2 amide bonds. The summed E-state index contributed by atoms with van der Waals surface area (Å²) in [5.74, 6) is 0.372. The van der Waals surface area contributed by atoms with Crippen molar-refractivity contribution in [2.75, 3.05) is 5.32 Å². The fourth-order valence-electron chi connectivity index (χ4n) is 3.60. The van der Waals surface area contributed by atoms with Crippen LogP contribution >= 0.6 is 0 Å². The van der Waals surface area contributed by atoms with Crippen molar-refractivity contribution >= 4 is 23.7 Å². The zero-order valence-corrected chi connectivity index (χ0v) is 16.2. The first kappa shape index (κ1) is 18.7. The molecule has 3 aromatic rings. The fraction of sp³-hybridized carbons (Fsp3) is 0.174. The molecule has 0 spiro atoms. The highest BCUT2D eigenvalue weighted by molar-refractivity contribution is 5.91. The lowest BCUT2D eigenvalue weighted by atomic mass is 9.93. The molecule has 146 valence electrons. The highest BCUT2D eigenvalue weighted by atomic mass is 16.2. The average Bonchev–Trinajstić information content (AvgIpc) is 3.15. The number of anilines is 1. The number of aromatic nitrogens is 2. The Kier molecular flexibility index (Phi) is 5.24. The van der Waals surface area contributed by atoms with Crippen LogP contribution in [0.5, 0.6) is 0 Å². The molecule has 0 fully saturated rings. The van der Waals surface area contributed by atoms with Gasteiger partial charge in [-0.2, -0.15) is 5.10 Å². The number of hydrogen-bond acceptors (Lipinski definition) is 3. The Labute approximate surface area is 169 Å². The molecule has 0 bridgehead atoms. The van der Waals surface area contributed by atoms with Crippen molar-refractivity contribution in [1.29, 1.82) is 0 Å². The third-order valence-electron chi connectivity index (χ3n) is 5.01. The Morgan fingerprint density at radius 1 is 1.03 bits per heavy atom. The summed E-state index contributed by atoms with van der Waals surface area (Å²) in [4.78, 5) is 26.6. The summed E-state index contributed by atoms with van der Waals surface area (Å²) >= 11 is 0. The fourth-order valence-corrected chi connectivity index (χ4v) is 3.60. The SMILES string of the molecule is CC(=O)N1C=Cc2ccccc2[C@H]1CC(=O)Nc1ccnn1Cc1ccccc1. The third-order valence-corrected chi connectivity index (χ3v) is 5.01. The average molecular weight is 386 g/mol. The number of nitrogens with one attached hydrogen (secondary N) is 1. The maximum Gasteiger partial charge on any atom is 0.227 e. The number of rotatable bonds is 5. The molecule has 0 radical (unpaired) electrons. The maximum atomic E-state index is 12.8. The molecule has 6 nitrogen and oxygen atoms in total. The van der Waals surface area contributed by atoms with Crippen molar-refractivity contribution in [3.05, 3.63) is 89.8 Å². The van der Waals surface area contributed by atoms with E-state index >= 15 is 0 Å². The molecule has 4 rings (SSSR count). The van der Waals surface area contributed by atoms with Crippen LogP contribution < -0.4 is 5.32 Å². The summed E-state index contributed by atoms with van der Waals surface area (Å²) < 4.78 is 1.75. The lowest BCUT2D eigenvalue weighted by molar-refractivity contribution is -0.129. The second-order valence-electron chi connectivity index (χ2n) is 7.00. The van der Waals surface area contributed by atoms with E-state index in [0.717, 1.165) is 16.7 Å². The first-order chi connectivity index (χ1) is 14.1. The summed E-state index contributed by atoms with van der Waals surface area (Å²) in [6, 6.07) is 19.2. The minimum atomic E-state index is -0.334. The van der Waals surface area contributed by atoms with Gasteiger partial charge in [-0.25, -0.2) is 4.68 Å². The van der Waals surface area contributed by atoms with Crippen LogP contribution in [-0.2, 0) is 16.1 Å². The van der Waals surface area contributed by atoms with Crippen LogP contribution in [0.15, 0.2) is 73.1 Å². The first-order valence-corrected chi connectivity index (χ1v) is 9.53. The van der Waals surface area contributed by atoms with Gasteiger partial charge in [0.15, 0.2) is 0 Å². The van der Waals surface area contributed by atoms with E-state index < -0.39 is 0 Å². The highest BCUT2D eigenvalue weighted by Gasteiger charge is 2.28. The number of nitrogens with zero attached hydrogens (tertiary/aromatic N) is 3. The lowest BCUT2D eigenvalue weighted by Gasteiger charge is -2.32. The molecule has 6 heteroatoms. The van der Waals surface area contributed by atoms with E-state index in [-0.39, 0.29) is 24.3 Å². The number of carbonyl (C=O) groups is 2. The van der Waals surface area contributed by atoms with E-state index in [9.17, 15) is 9.59 Å². The van der Waals surface area contributed by atoms with Gasteiger partial charge in [0, 0.05) is 19.2 Å². The minimum absolute atomic E-state index is 0.0947. The van der Waals surface area contributed by atoms with E-state index in [4.69, 9.17) is 0 Å². The van der Waals surface area contributed by atoms with Crippen LogP contribution in [0.4, 0.5) is 5.82 Å². The Morgan fingerprint density at radius 2 is 1.79 bits per heavy atom. The van der Waals surface area contributed by atoms with Gasteiger partial charge in [0.2, 0.25) is 11.8 Å². The summed E-state index contributed by atoms with van der Waals surface area (Å²) in [6.07, 6.45) is 5.48. The van der Waals surface area contributed by atoms with Crippen molar-refractivity contribution < 1.29 is 9.59 Å². The van der Waals surface area contributed by atoms with Crippen molar-refractivity contribution in [2.45, 2.75) is 25.9 Å². The molecule has 1 aromatic heterocycles. The van der Waals surface area contributed by atoms with Gasteiger partial charge in [-0.3, -0.25) is 9.59 Å². The zero-order valence-electron chi connectivity index (χ0n) is 16.2. The van der Waals surface area contributed by atoms with Crippen LogP contribution in [0.1, 0.15) is 36.1 Å². The Balaban J connectivity index is 1.50. The van der Waals surface area contributed by atoms with Crippen LogP contribution in [0.2, 0.25) is 0 Å². The Bertz CT molecular complexity index is 1060. The second kappa shape index (κ2) is 8.14. The topological polar surface area (TPSA) is 67.2 Å². The van der Waals surface area contributed by atoms with E-state index in [0.29, 0.717) is 12.4 Å². The highest BCUT2D eigenvalue weighted by Crippen LogP contribution is 2.33. The van der Waals surface area contributed by atoms with Crippen LogP contribution in [0, 0.1) is 0 Å². The molecule has 1 aliphatic heterocycles. The van der Waals surface area contributed by atoms with E-state index in [2.05, 4.69) is 10.4 Å². The van der Waals surface area contributed by atoms with E-state index in [1.165, 1.54) is 6.92 Å². The molecular formula is C23H22N4O2. The van der Waals surface area contributed by atoms with Crippen molar-refractivity contribution in [2.24, 2.45) is 0 Å². The molecular weight excluding hydrogens is 364 g/mol. The van der Waals surface area contributed by atoms with Crippen LogP contribution in [0.25, 0.3) is 6.08 Å². The normalized spacial score (nSPS) is 15.1. The maximum absolute atomic E-state index is 12.8. The summed E-state index contributed by atoms with van der Waals surface area (Å²) in [5, 5.41) is 7.26. The Morgan fingerprint density at radius 3 is 2.59 bits per heavy atom. The third kappa shape index (κ3) is 4.11. The van der Waals surface area contributed by atoms with E-state index in [1.807, 2.05) is 60.7 Å². The van der Waals surface area contributed by atoms with Crippen LogP contribution in [-0.4, -0.2) is 26.5 Å². The smallest absolute Gasteiger partial charge is 0.227 e. The van der Waals surface area contributed by atoms with Gasteiger partial charge in [0.1, 0.15) is 5.82 Å². The van der Waals surface area contributed by atoms with Crippen molar-refractivity contribution in [3.63, 3.8) is 0 Å². The van der Waals surface area contributed by atoms with Crippen LogP contribution in [0.3, 0.4) is 0 Å². The quantitative estimate of drug-likeness (QED) is 0.725. The monoisotopic (exact) mass is 386 g/mol. The van der Waals surface area contributed by atoms with E-state index in [1.54, 1.807) is 28.0 Å². The molecule has 2 heterocycles. The first-order valence-electron chi connectivity index (χ1n) is 9.53. The van der Waals surface area contributed by atoms with Gasteiger partial charge in [-0.15, -0.1) is 0 Å². The predicted molar refractivity (Wildman–Crippen MR) is 112 cm³/mol. The molecule has 0 unspecified atom stereocenters. The molecule has 0 saturated heterocycles. The zero-order chi connectivity index (χ0) is 20.2. The molecule has 2 aromatic carbocycles. The molecule has 29 heavy (non-hydrogen) atoms. The summed E-state index contributed by atoms with van der Waals surface area (Å²) in [6.45, 7) is 2.08. The van der Waals surface area contributed by atoms with Gasteiger partial charge in [0.25, 0.3) is 0 Å². The molecule has 0 saturated carbocycles. The number of benzene rings is 2. The van der Waals surface area contributed by atoms with Crippen molar-refractivity contribution in [3.8, 4) is 0 Å². The molecule has 0 aliphatic carbocycles. The predicted octanol–water partition coefficient (Wildman–Crippen LogP) is 3.83. The van der Waals surface area contributed by atoms with Crippen molar-refractivity contribution in [1.82, 2.24) is 14.7 Å². The second-order valence-corrected chi connectivity index (χ2v) is 7.00. The number of fused-ring (bicyclic) bond motifs is 1. The number of amides is 2. The van der Waals surface area contributed by atoms with Gasteiger partial charge in [-0.05, 0) is 22.8 Å². The summed E-state index contributed by atoms with van der Waals surface area (Å²) in [5.41, 5.74) is 3.09. The summed E-state index contributed by atoms with van der Waals surface area (Å²) in [7, 11) is 0. The largest absolute Gasteiger partial charge is 0.311 e. The lowest BCUT2D eigenvalue weighted by Crippen LogP contribution is -2.33. The van der Waals surface area contributed by atoms with Gasteiger partial charge >= 0.3 is 0 Å². The Hall–Kier alpha value is -3.67. The molecule has 1 atom stereocenters. The molecule has 1 N–H and O–H groups in total. The molecule has 1 aliphatic rings. The van der Waals surface area contributed by atoms with Gasteiger partial charge in [0.05, 0.1) is 25.2 Å². The minimum Gasteiger partial charge on any atom is -0.311 e. The van der Waals surface area contributed by atoms with Gasteiger partial charge in [-0.1, -0.05) is 54.6 Å². The standard InChI is InChI=1S/C23H22N4O2/c1-17(28)26-14-12-19-9-5-6-10-20(19)21(26)15-23(29)25-22-11-13-24-27(22)16-18-7-3-2-4-8-18/h2-14,21H,15-16H2,1H3,(H,25,29)/t21-/m1/s1. The van der Waals surface area contributed by atoms with Gasteiger partial charge < -0.3 is 10.2 Å². The number of carbonyl (C=O) groups excluding carboxylic acids is 2. The number of hydrogen-bond donors (Lipinski definition) is 1.